The third-order valence-corrected chi connectivity index (χ3v) is 4.42. The van der Waals surface area contributed by atoms with E-state index in [1.807, 2.05) is 6.07 Å². The second-order valence-electron chi connectivity index (χ2n) is 5.09. The van der Waals surface area contributed by atoms with Crippen LogP contribution in [-0.4, -0.2) is 30.3 Å². The first kappa shape index (κ1) is 18.0. The number of esters is 1. The van der Waals surface area contributed by atoms with Crippen molar-refractivity contribution in [3.63, 3.8) is 0 Å². The van der Waals surface area contributed by atoms with Gasteiger partial charge < -0.3 is 9.29 Å². The minimum Gasteiger partial charge on any atom is -0.743 e. The van der Waals surface area contributed by atoms with Gasteiger partial charge in [0.25, 0.3) is 0 Å². The zero-order chi connectivity index (χ0) is 18.1. The number of halogens is 2. The number of benzene rings is 2. The summed E-state index contributed by atoms with van der Waals surface area (Å²) in [5.41, 5.74) is 0.826. The summed E-state index contributed by atoms with van der Waals surface area (Å²) in [5.74, 6) is -1.15. The Morgan fingerprint density at radius 1 is 1.25 bits per heavy atom. The number of alkyl halides is 2. The monoisotopic (exact) mass is 355 g/mol. The first-order valence-corrected chi connectivity index (χ1v) is 8.17. The van der Waals surface area contributed by atoms with Crippen LogP contribution in [0.15, 0.2) is 43.0 Å². The molecule has 1 atom stereocenters. The van der Waals surface area contributed by atoms with Crippen LogP contribution in [0.25, 0.3) is 16.8 Å². The van der Waals surface area contributed by atoms with E-state index in [9.17, 15) is 26.5 Å². The van der Waals surface area contributed by atoms with E-state index in [0.29, 0.717) is 12.3 Å². The van der Waals surface area contributed by atoms with Gasteiger partial charge in [-0.25, -0.2) is 13.2 Å². The van der Waals surface area contributed by atoms with Gasteiger partial charge in [-0.05, 0) is 41.5 Å². The van der Waals surface area contributed by atoms with E-state index in [1.165, 1.54) is 12.1 Å². The summed E-state index contributed by atoms with van der Waals surface area (Å²) >= 11 is 0. The molecule has 128 valence electrons. The zero-order valence-corrected chi connectivity index (χ0v) is 13.3. The van der Waals surface area contributed by atoms with Crippen LogP contribution in [0.2, 0.25) is 0 Å². The Labute approximate surface area is 137 Å². The third kappa shape index (κ3) is 3.44. The smallest absolute Gasteiger partial charge is 0.370 e. The van der Waals surface area contributed by atoms with E-state index in [1.54, 1.807) is 24.3 Å². The van der Waals surface area contributed by atoms with Gasteiger partial charge in [0.15, 0.2) is 16.2 Å². The predicted molar refractivity (Wildman–Crippen MR) is 83.6 cm³/mol. The molecule has 0 aliphatic heterocycles. The van der Waals surface area contributed by atoms with Gasteiger partial charge in [0.1, 0.15) is 0 Å². The average Bonchev–Trinajstić information content (AvgIpc) is 2.52. The Morgan fingerprint density at radius 2 is 1.83 bits per heavy atom. The standard InChI is InChI=1S/C16H14F2O5S/c1-3-11-4-5-13-9-14(7-6-12(13)8-11)15(19)23-10(2)16(17,18)24(20,21)22/h3-10H,1H2,2H3,(H,20,21,22)/p-1. The normalized spacial score (nSPS) is 13.5. The fraction of sp³-hybridized carbons (Fsp3) is 0.188. The molecule has 1 unspecified atom stereocenters. The number of carbonyl (C=O) groups is 1. The van der Waals surface area contributed by atoms with E-state index in [0.717, 1.165) is 10.9 Å². The summed E-state index contributed by atoms with van der Waals surface area (Å²) in [5, 5.41) is -3.26. The highest BCUT2D eigenvalue weighted by molar-refractivity contribution is 7.86. The molecule has 0 bridgehead atoms. The Hall–Kier alpha value is -2.32. The van der Waals surface area contributed by atoms with E-state index in [-0.39, 0.29) is 5.56 Å². The highest BCUT2D eigenvalue weighted by Gasteiger charge is 2.46. The minimum atomic E-state index is -5.94. The van der Waals surface area contributed by atoms with Crippen LogP contribution in [-0.2, 0) is 14.9 Å². The quantitative estimate of drug-likeness (QED) is 0.608. The molecule has 2 rings (SSSR count). The van der Waals surface area contributed by atoms with Crippen LogP contribution < -0.4 is 0 Å². The van der Waals surface area contributed by atoms with Gasteiger partial charge in [-0.2, -0.15) is 8.78 Å². The second kappa shape index (κ2) is 6.29. The van der Waals surface area contributed by atoms with Crippen LogP contribution in [0, 0.1) is 0 Å². The molecule has 0 saturated heterocycles. The van der Waals surface area contributed by atoms with E-state index < -0.39 is 27.4 Å². The molecule has 0 heterocycles. The van der Waals surface area contributed by atoms with Crippen molar-refractivity contribution in [1.82, 2.24) is 0 Å². The lowest BCUT2D eigenvalue weighted by Crippen LogP contribution is -2.42. The number of ether oxygens (including phenoxy) is 1. The number of fused-ring (bicyclic) bond motifs is 1. The second-order valence-corrected chi connectivity index (χ2v) is 6.54. The predicted octanol–water partition coefficient (Wildman–Crippen LogP) is 3.17. The van der Waals surface area contributed by atoms with Crippen LogP contribution in [0.5, 0.6) is 0 Å². The fourth-order valence-corrected chi connectivity index (χ4v) is 2.47. The van der Waals surface area contributed by atoms with Crippen molar-refractivity contribution in [2.75, 3.05) is 0 Å². The van der Waals surface area contributed by atoms with Gasteiger partial charge in [-0.3, -0.25) is 0 Å². The van der Waals surface area contributed by atoms with Crippen LogP contribution in [0.1, 0.15) is 22.8 Å². The van der Waals surface area contributed by atoms with E-state index in [2.05, 4.69) is 11.3 Å². The summed E-state index contributed by atoms with van der Waals surface area (Å²) in [6.45, 7) is 4.28. The van der Waals surface area contributed by atoms with Crippen LogP contribution in [0.4, 0.5) is 8.78 Å². The van der Waals surface area contributed by atoms with Crippen molar-refractivity contribution in [3.05, 3.63) is 54.1 Å². The average molecular weight is 355 g/mol. The third-order valence-electron chi connectivity index (χ3n) is 3.43. The van der Waals surface area contributed by atoms with E-state index >= 15 is 0 Å². The van der Waals surface area contributed by atoms with Gasteiger partial charge in [-0.15, -0.1) is 0 Å². The Kier molecular flexibility index (Phi) is 4.73. The van der Waals surface area contributed by atoms with Gasteiger partial charge in [-0.1, -0.05) is 30.9 Å². The fourth-order valence-electron chi connectivity index (χ4n) is 2.02. The molecule has 0 aromatic heterocycles. The van der Waals surface area contributed by atoms with Crippen molar-refractivity contribution in [2.24, 2.45) is 0 Å². The first-order valence-electron chi connectivity index (χ1n) is 6.77. The molecule has 24 heavy (non-hydrogen) atoms. The molecule has 2 aromatic rings. The molecule has 0 radical (unpaired) electrons. The summed E-state index contributed by atoms with van der Waals surface area (Å²) < 4.78 is 62.8. The van der Waals surface area contributed by atoms with Crippen LogP contribution in [0.3, 0.4) is 0 Å². The number of carbonyl (C=O) groups excluding carboxylic acids is 1. The minimum absolute atomic E-state index is 0.0419. The van der Waals surface area contributed by atoms with Gasteiger partial charge in [0.05, 0.1) is 5.56 Å². The molecule has 2 aromatic carbocycles. The Morgan fingerprint density at radius 3 is 2.42 bits per heavy atom. The molecular formula is C16H13F2O5S-. The lowest BCUT2D eigenvalue weighted by atomic mass is 10.0. The maximum Gasteiger partial charge on any atom is 0.370 e. The maximum atomic E-state index is 13.3. The Balaban J connectivity index is 2.27. The Bertz CT molecular complexity index is 906. The molecule has 0 aliphatic carbocycles. The first-order chi connectivity index (χ1) is 11.1. The highest BCUT2D eigenvalue weighted by Crippen LogP contribution is 2.28. The largest absolute Gasteiger partial charge is 0.743 e. The summed E-state index contributed by atoms with van der Waals surface area (Å²) in [4.78, 5) is 11.9. The maximum absolute atomic E-state index is 13.3. The number of rotatable bonds is 5. The zero-order valence-electron chi connectivity index (χ0n) is 12.5. The number of hydrogen-bond acceptors (Lipinski definition) is 5. The van der Waals surface area contributed by atoms with Gasteiger partial charge in [0, 0.05) is 0 Å². The SMILES string of the molecule is C=Cc1ccc2cc(C(=O)OC(C)C(F)(F)S(=O)(=O)[O-])ccc2c1. The van der Waals surface area contributed by atoms with Gasteiger partial charge >= 0.3 is 11.2 Å². The lowest BCUT2D eigenvalue weighted by Gasteiger charge is -2.25. The van der Waals surface area contributed by atoms with Crippen molar-refractivity contribution in [3.8, 4) is 0 Å². The molecule has 5 nitrogen and oxygen atoms in total. The molecule has 0 saturated carbocycles. The molecule has 8 heteroatoms. The molecule has 0 amide bonds. The van der Waals surface area contributed by atoms with Gasteiger partial charge in [0.2, 0.25) is 0 Å². The molecule has 0 aliphatic rings. The van der Waals surface area contributed by atoms with Crippen molar-refractivity contribution in [1.29, 1.82) is 0 Å². The topological polar surface area (TPSA) is 83.5 Å². The van der Waals surface area contributed by atoms with Crippen molar-refractivity contribution >= 4 is 32.9 Å². The van der Waals surface area contributed by atoms with Crippen LogP contribution >= 0.6 is 0 Å². The molecular weight excluding hydrogens is 342 g/mol. The lowest BCUT2D eigenvalue weighted by molar-refractivity contribution is -0.0554. The summed E-state index contributed by atoms with van der Waals surface area (Å²) in [7, 11) is -5.94. The van der Waals surface area contributed by atoms with Crippen molar-refractivity contribution < 1.29 is 31.3 Å². The molecule has 0 spiro atoms. The highest BCUT2D eigenvalue weighted by atomic mass is 32.2. The summed E-state index contributed by atoms with van der Waals surface area (Å²) in [6.07, 6.45) is -0.763. The van der Waals surface area contributed by atoms with Crippen molar-refractivity contribution in [2.45, 2.75) is 18.3 Å². The number of hydrogen-bond donors (Lipinski definition) is 0. The summed E-state index contributed by atoms with van der Waals surface area (Å²) in [6, 6.07) is 9.65. The molecule has 0 N–H and O–H groups in total. The van der Waals surface area contributed by atoms with E-state index in [4.69, 9.17) is 0 Å². The molecule has 0 fully saturated rings.